The molecule has 0 radical (unpaired) electrons. The van der Waals surface area contributed by atoms with Gasteiger partial charge in [0.05, 0.1) is 0 Å². The van der Waals surface area contributed by atoms with Crippen LogP contribution in [0.2, 0.25) is 0 Å². The van der Waals surface area contributed by atoms with Gasteiger partial charge in [-0.3, -0.25) is 9.69 Å². The lowest BCUT2D eigenvalue weighted by Crippen LogP contribution is -2.43. The van der Waals surface area contributed by atoms with Gasteiger partial charge in [0.1, 0.15) is 6.54 Å². The van der Waals surface area contributed by atoms with E-state index in [2.05, 4.69) is 40.5 Å². The minimum atomic E-state index is 0. The predicted octanol–water partition coefficient (Wildman–Crippen LogP) is 1.24. The molecule has 1 amide bonds. The average Bonchev–Trinajstić information content (AvgIpc) is 2.97. The molecule has 1 aliphatic rings. The first-order chi connectivity index (χ1) is 10.5. The summed E-state index contributed by atoms with van der Waals surface area (Å²) in [5, 5.41) is 3.27. The number of likely N-dealkylation sites (tertiary alicyclic amines) is 1. The number of hydrogen-bond acceptors (Lipinski definition) is 3. The zero-order valence-electron chi connectivity index (χ0n) is 14.9. The van der Waals surface area contributed by atoms with Gasteiger partial charge in [-0.2, -0.15) is 0 Å². The van der Waals surface area contributed by atoms with Gasteiger partial charge in [0.15, 0.2) is 5.96 Å². The first-order valence-corrected chi connectivity index (χ1v) is 8.11. The molecule has 0 aromatic rings. The third kappa shape index (κ3) is 7.07. The van der Waals surface area contributed by atoms with E-state index in [0.717, 1.165) is 38.6 Å². The minimum absolute atomic E-state index is 0. The minimum Gasteiger partial charge on any atom is -0.353 e. The van der Waals surface area contributed by atoms with E-state index in [1.165, 1.54) is 0 Å². The van der Waals surface area contributed by atoms with Crippen LogP contribution < -0.4 is 5.32 Å². The molecule has 1 heterocycles. The number of hydrogen-bond donors (Lipinski definition) is 1. The van der Waals surface area contributed by atoms with Crippen LogP contribution in [0.1, 0.15) is 20.3 Å². The lowest BCUT2D eigenvalue weighted by molar-refractivity contribution is -0.127. The zero-order chi connectivity index (χ0) is 16.5. The Bertz CT molecular complexity index is 396. The number of guanidine groups is 1. The highest BCUT2D eigenvalue weighted by Crippen LogP contribution is 2.15. The van der Waals surface area contributed by atoms with Gasteiger partial charge in [0.2, 0.25) is 5.91 Å². The summed E-state index contributed by atoms with van der Waals surface area (Å²) in [6.07, 6.45) is 2.94. The monoisotopic (exact) mass is 437 g/mol. The molecule has 134 valence electrons. The van der Waals surface area contributed by atoms with Gasteiger partial charge >= 0.3 is 0 Å². The molecule has 0 spiro atoms. The van der Waals surface area contributed by atoms with Crippen LogP contribution in [0.5, 0.6) is 0 Å². The highest BCUT2D eigenvalue weighted by atomic mass is 127. The molecule has 1 N–H and O–H groups in total. The van der Waals surface area contributed by atoms with E-state index in [9.17, 15) is 4.79 Å². The fourth-order valence-electron chi connectivity index (χ4n) is 2.69. The van der Waals surface area contributed by atoms with Gasteiger partial charge in [-0.25, -0.2) is 4.99 Å². The van der Waals surface area contributed by atoms with Crippen molar-refractivity contribution in [2.45, 2.75) is 26.3 Å². The van der Waals surface area contributed by atoms with Crippen molar-refractivity contribution in [3.8, 4) is 0 Å². The Hall–Kier alpha value is -0.830. The second kappa shape index (κ2) is 11.7. The molecule has 0 saturated carbocycles. The number of nitrogens with one attached hydrogen (secondary N) is 1. The number of nitrogens with zero attached hydrogens (tertiary/aromatic N) is 4. The van der Waals surface area contributed by atoms with Crippen molar-refractivity contribution in [1.82, 2.24) is 20.0 Å². The van der Waals surface area contributed by atoms with Gasteiger partial charge < -0.3 is 15.1 Å². The lowest BCUT2D eigenvalue weighted by Gasteiger charge is -2.27. The SMILES string of the molecule is C=CCNC(=NCC(=O)N(C)C)N1CCC(N(CC)CC)C1.I. The molecule has 1 unspecified atom stereocenters. The molecule has 0 aromatic heterocycles. The fourth-order valence-corrected chi connectivity index (χ4v) is 2.69. The van der Waals surface area contributed by atoms with Crippen LogP contribution >= 0.6 is 24.0 Å². The molecule has 0 aliphatic carbocycles. The zero-order valence-corrected chi connectivity index (χ0v) is 17.2. The van der Waals surface area contributed by atoms with E-state index < -0.39 is 0 Å². The third-order valence-electron chi connectivity index (χ3n) is 4.06. The lowest BCUT2D eigenvalue weighted by atomic mass is 10.2. The standard InChI is InChI=1S/C16H31N5O.HI/c1-6-10-17-16(18-12-15(22)19(4)5)21-11-9-14(13-21)20(7-2)8-3;/h6,14H,1,7-13H2,2-5H3,(H,17,18);1H. The molecule has 1 aliphatic heterocycles. The van der Waals surface area contributed by atoms with Crippen molar-refractivity contribution < 1.29 is 4.79 Å². The molecular weight excluding hydrogens is 405 g/mol. The van der Waals surface area contributed by atoms with Crippen LogP contribution in [0.4, 0.5) is 0 Å². The normalized spacial score (nSPS) is 17.9. The van der Waals surface area contributed by atoms with E-state index in [0.29, 0.717) is 12.6 Å². The average molecular weight is 437 g/mol. The molecule has 1 rings (SSSR count). The largest absolute Gasteiger partial charge is 0.353 e. The summed E-state index contributed by atoms with van der Waals surface area (Å²) in [4.78, 5) is 22.5. The van der Waals surface area contributed by atoms with Crippen molar-refractivity contribution in [3.05, 3.63) is 12.7 Å². The highest BCUT2D eigenvalue weighted by Gasteiger charge is 2.28. The van der Waals surface area contributed by atoms with Gasteiger partial charge in [-0.1, -0.05) is 19.9 Å². The molecule has 0 aromatic carbocycles. The topological polar surface area (TPSA) is 51.2 Å². The van der Waals surface area contributed by atoms with Crippen LogP contribution in [0.15, 0.2) is 17.6 Å². The maximum Gasteiger partial charge on any atom is 0.243 e. The molecule has 23 heavy (non-hydrogen) atoms. The van der Waals surface area contributed by atoms with Gasteiger partial charge in [-0.15, -0.1) is 30.6 Å². The predicted molar refractivity (Wildman–Crippen MR) is 108 cm³/mol. The van der Waals surface area contributed by atoms with Crippen molar-refractivity contribution >= 4 is 35.8 Å². The summed E-state index contributed by atoms with van der Waals surface area (Å²) in [6.45, 7) is 13.0. The van der Waals surface area contributed by atoms with Gasteiger partial charge in [-0.05, 0) is 19.5 Å². The van der Waals surface area contributed by atoms with Crippen LogP contribution in [-0.2, 0) is 4.79 Å². The highest BCUT2D eigenvalue weighted by molar-refractivity contribution is 14.0. The Morgan fingerprint density at radius 3 is 2.57 bits per heavy atom. The Balaban J connectivity index is 0.00000484. The number of carbonyl (C=O) groups is 1. The van der Waals surface area contributed by atoms with Gasteiger partial charge in [0, 0.05) is 39.8 Å². The second-order valence-electron chi connectivity index (χ2n) is 5.71. The van der Waals surface area contributed by atoms with Crippen LogP contribution in [0.3, 0.4) is 0 Å². The van der Waals surface area contributed by atoms with Crippen molar-refractivity contribution in [1.29, 1.82) is 0 Å². The van der Waals surface area contributed by atoms with E-state index in [-0.39, 0.29) is 36.4 Å². The smallest absolute Gasteiger partial charge is 0.243 e. The molecule has 6 nitrogen and oxygen atoms in total. The molecule has 7 heteroatoms. The van der Waals surface area contributed by atoms with Crippen LogP contribution in [-0.4, -0.2) is 86.0 Å². The Morgan fingerprint density at radius 1 is 1.39 bits per heavy atom. The number of likely N-dealkylation sites (N-methyl/N-ethyl adjacent to an activating group) is 2. The van der Waals surface area contributed by atoms with E-state index in [1.54, 1.807) is 25.1 Å². The molecule has 0 bridgehead atoms. The Kier molecular flexibility index (Phi) is 11.2. The summed E-state index contributed by atoms with van der Waals surface area (Å²) in [5.41, 5.74) is 0. The van der Waals surface area contributed by atoms with E-state index >= 15 is 0 Å². The summed E-state index contributed by atoms with van der Waals surface area (Å²) in [7, 11) is 3.50. The molecule has 1 saturated heterocycles. The van der Waals surface area contributed by atoms with Crippen molar-refractivity contribution in [3.63, 3.8) is 0 Å². The molecule has 1 atom stereocenters. The molecule has 1 fully saturated rings. The summed E-state index contributed by atoms with van der Waals surface area (Å²) >= 11 is 0. The number of amides is 1. The maximum absolute atomic E-state index is 11.7. The van der Waals surface area contributed by atoms with E-state index in [1.807, 2.05) is 0 Å². The van der Waals surface area contributed by atoms with Crippen molar-refractivity contribution in [2.75, 3.05) is 53.4 Å². The van der Waals surface area contributed by atoms with Gasteiger partial charge in [0.25, 0.3) is 0 Å². The number of halogens is 1. The van der Waals surface area contributed by atoms with Crippen molar-refractivity contribution in [2.24, 2.45) is 4.99 Å². The van der Waals surface area contributed by atoms with Crippen LogP contribution in [0.25, 0.3) is 0 Å². The number of rotatable bonds is 7. The maximum atomic E-state index is 11.7. The Labute approximate surface area is 158 Å². The Morgan fingerprint density at radius 2 is 2.04 bits per heavy atom. The first-order valence-electron chi connectivity index (χ1n) is 8.11. The first kappa shape index (κ1) is 22.2. The van der Waals surface area contributed by atoms with Crippen LogP contribution in [0, 0.1) is 0 Å². The summed E-state index contributed by atoms with van der Waals surface area (Å²) in [6, 6.07) is 0.565. The fraction of sp³-hybridized carbons (Fsp3) is 0.750. The quantitative estimate of drug-likeness (QED) is 0.282. The third-order valence-corrected chi connectivity index (χ3v) is 4.06. The second-order valence-corrected chi connectivity index (χ2v) is 5.71. The number of carbonyl (C=O) groups excluding carboxylic acids is 1. The summed E-state index contributed by atoms with van der Waals surface area (Å²) in [5.74, 6) is 0.821. The number of aliphatic imine (C=N–C) groups is 1. The summed E-state index contributed by atoms with van der Waals surface area (Å²) < 4.78 is 0. The van der Waals surface area contributed by atoms with E-state index in [4.69, 9.17) is 0 Å². The molecular formula is C16H32IN5O.